The van der Waals surface area contributed by atoms with Gasteiger partial charge < -0.3 is 5.11 Å². The Hall–Kier alpha value is -7.02. The van der Waals surface area contributed by atoms with Crippen molar-refractivity contribution >= 4 is 44.1 Å². The van der Waals surface area contributed by atoms with Crippen molar-refractivity contribution in [3.63, 3.8) is 0 Å². The van der Waals surface area contributed by atoms with E-state index in [-0.39, 0.29) is 5.75 Å². The maximum Gasteiger partial charge on any atom is 0.123 e. The summed E-state index contributed by atoms with van der Waals surface area (Å²) in [6.07, 6.45) is 1.88. The first kappa shape index (κ1) is 31.9. The Bertz CT molecular complexity index is 2750. The quantitative estimate of drug-likeness (QED) is 0.0843. The minimum Gasteiger partial charge on any atom is -0.507 e. The van der Waals surface area contributed by atoms with Crippen LogP contribution in [0.2, 0.25) is 0 Å². The Morgan fingerprint density at radius 2 is 0.887 bits per heavy atom. The predicted octanol–water partition coefficient (Wildman–Crippen LogP) is 6.77. The molecule has 4 aromatic heterocycles. The van der Waals surface area contributed by atoms with Gasteiger partial charge in [-0.2, -0.15) is 61.6 Å². The predicted molar refractivity (Wildman–Crippen MR) is 203 cm³/mol. The second-order valence-corrected chi connectivity index (χ2v) is 13.5. The van der Waals surface area contributed by atoms with Crippen molar-refractivity contribution in [2.24, 2.45) is 0 Å². The molecule has 9 rings (SSSR count). The first-order valence-electron chi connectivity index (χ1n) is 17.1. The summed E-state index contributed by atoms with van der Waals surface area (Å²) < 4.78 is 0. The second kappa shape index (κ2) is 11.5. The largest absolute Gasteiger partial charge is 0.507 e. The molecule has 0 aliphatic rings. The first-order valence-corrected chi connectivity index (χ1v) is 17.1. The number of phenolic OH excluding ortho intramolecular Hbond substituents is 1. The molecule has 9 aromatic rings. The highest BCUT2D eigenvalue weighted by atomic mass is 16.3. The van der Waals surface area contributed by atoms with E-state index in [2.05, 4.69) is 54.8 Å². The average Bonchev–Trinajstić information content (AvgIpc) is 4.02. The summed E-state index contributed by atoms with van der Waals surface area (Å²) in [6.45, 7) is 17.8. The number of phenols is 1. The lowest BCUT2D eigenvalue weighted by molar-refractivity contribution is 0.450. The normalized spacial score (nSPS) is 12.4. The summed E-state index contributed by atoms with van der Waals surface area (Å²) in [5.74, 6) is 0.116. The summed E-state index contributed by atoms with van der Waals surface area (Å²) in [4.78, 5) is 0. The maximum absolute atomic E-state index is 12.8. The number of aromatic amines is 4. The van der Waals surface area contributed by atoms with Gasteiger partial charge in [0.1, 0.15) is 49.9 Å². The van der Waals surface area contributed by atoms with Gasteiger partial charge in [-0.1, -0.05) is 61.2 Å². The van der Waals surface area contributed by atoms with Gasteiger partial charge in [0.05, 0.1) is 10.8 Å². The molecule has 53 heavy (non-hydrogen) atoms. The minimum absolute atomic E-state index is 0.116. The molecule has 0 amide bonds. The number of aromatic hydroxyl groups is 1. The average molecular weight is 699 g/mol. The van der Waals surface area contributed by atoms with E-state index in [9.17, 15) is 5.11 Å². The Kier molecular flexibility index (Phi) is 6.93. The van der Waals surface area contributed by atoms with Crippen molar-refractivity contribution in [2.75, 3.05) is 0 Å². The smallest absolute Gasteiger partial charge is 0.123 e. The monoisotopic (exact) mass is 698 g/mol. The SMILES string of the molecule is C=CC(C(=C)C(c1c(C)c(C)c(C)c(C)c1O)(c1cccc2n[nH]nc12)c1cccc2n[nH]nc12)(c1cccc2n[nH]nc12)c1cccc2n[nH]nc12. The van der Waals surface area contributed by atoms with Gasteiger partial charge >= 0.3 is 0 Å². The highest BCUT2D eigenvalue weighted by Gasteiger charge is 2.54. The number of para-hydroxylation sites is 4. The van der Waals surface area contributed by atoms with Gasteiger partial charge in [0.15, 0.2) is 0 Å². The van der Waals surface area contributed by atoms with E-state index in [1.165, 1.54) is 0 Å². The van der Waals surface area contributed by atoms with Crippen LogP contribution in [0, 0.1) is 27.7 Å². The summed E-state index contributed by atoms with van der Waals surface area (Å²) in [7, 11) is 0. The molecule has 260 valence electrons. The Balaban J connectivity index is 1.59. The summed E-state index contributed by atoms with van der Waals surface area (Å²) in [6, 6.07) is 23.4. The van der Waals surface area contributed by atoms with Gasteiger partial charge in [0.25, 0.3) is 0 Å². The van der Waals surface area contributed by atoms with Crippen LogP contribution in [0.25, 0.3) is 44.1 Å². The summed E-state index contributed by atoms with van der Waals surface area (Å²) in [5.41, 5.74) is 9.88. The number of allylic oxidation sites excluding steroid dienone is 2. The van der Waals surface area contributed by atoms with Crippen molar-refractivity contribution in [3.8, 4) is 5.75 Å². The molecule has 0 unspecified atom stereocenters. The number of fused-ring (bicyclic) bond motifs is 4. The summed E-state index contributed by atoms with van der Waals surface area (Å²) in [5, 5.41) is 61.1. The molecule has 5 N–H and O–H groups in total. The third-order valence-electron chi connectivity index (χ3n) is 11.3. The van der Waals surface area contributed by atoms with E-state index in [1.807, 2.05) is 99.6 Å². The van der Waals surface area contributed by atoms with Crippen molar-refractivity contribution in [2.45, 2.75) is 38.5 Å². The number of hydrogen-bond donors (Lipinski definition) is 5. The van der Waals surface area contributed by atoms with E-state index in [4.69, 9.17) is 27.0 Å². The third kappa shape index (κ3) is 4.12. The van der Waals surface area contributed by atoms with Crippen LogP contribution in [-0.2, 0) is 10.8 Å². The van der Waals surface area contributed by atoms with Crippen LogP contribution < -0.4 is 0 Å². The lowest BCUT2D eigenvalue weighted by atomic mass is 9.53. The molecule has 0 saturated heterocycles. The molecule has 4 heterocycles. The molecule has 0 aliphatic heterocycles. The second-order valence-electron chi connectivity index (χ2n) is 13.5. The van der Waals surface area contributed by atoms with Crippen LogP contribution in [0.3, 0.4) is 0 Å². The van der Waals surface area contributed by atoms with Gasteiger partial charge in [-0.25, -0.2) is 0 Å². The number of nitrogens with zero attached hydrogens (tertiary/aromatic N) is 8. The van der Waals surface area contributed by atoms with Crippen LogP contribution in [0.15, 0.2) is 97.6 Å². The van der Waals surface area contributed by atoms with Crippen LogP contribution in [0.1, 0.15) is 50.1 Å². The van der Waals surface area contributed by atoms with Crippen molar-refractivity contribution in [1.82, 2.24) is 61.6 Å². The van der Waals surface area contributed by atoms with Crippen LogP contribution in [0.4, 0.5) is 0 Å². The fourth-order valence-electron chi connectivity index (χ4n) is 8.46. The Morgan fingerprint density at radius 1 is 0.528 bits per heavy atom. The highest BCUT2D eigenvalue weighted by Crippen LogP contribution is 2.60. The van der Waals surface area contributed by atoms with Crippen LogP contribution in [-0.4, -0.2) is 66.7 Å². The van der Waals surface area contributed by atoms with E-state index < -0.39 is 10.8 Å². The first-order chi connectivity index (χ1) is 25.7. The van der Waals surface area contributed by atoms with E-state index >= 15 is 0 Å². The fourth-order valence-corrected chi connectivity index (χ4v) is 8.46. The number of aromatic nitrogens is 12. The van der Waals surface area contributed by atoms with E-state index in [0.717, 1.165) is 33.4 Å². The highest BCUT2D eigenvalue weighted by molar-refractivity contribution is 5.93. The van der Waals surface area contributed by atoms with Gasteiger partial charge in [0, 0.05) is 27.8 Å². The van der Waals surface area contributed by atoms with E-state index in [0.29, 0.717) is 66.4 Å². The molecule has 13 nitrogen and oxygen atoms in total. The minimum atomic E-state index is -1.45. The molecule has 0 fully saturated rings. The third-order valence-corrected chi connectivity index (χ3v) is 11.3. The van der Waals surface area contributed by atoms with Crippen molar-refractivity contribution in [1.29, 1.82) is 0 Å². The number of hydrogen-bond acceptors (Lipinski definition) is 9. The molecule has 0 radical (unpaired) electrons. The maximum atomic E-state index is 12.8. The van der Waals surface area contributed by atoms with E-state index in [1.54, 1.807) is 0 Å². The standard InChI is InChI=1S/C40H34N12O/c1-7-39(25-12-8-16-29-34(25)45-49-41-29,26-13-9-17-30-35(26)46-50-42-30)24(6)40(27-14-10-18-31-36(27)47-51-43-31,28-15-11-19-32-37(28)48-52-44-32)33-22(4)20(2)21(3)23(5)38(33)53/h7-19,53H,1,6H2,2-5H3,(H,41,45,49)(H,42,46,50)(H,43,47,51)(H,44,48,52). The van der Waals surface area contributed by atoms with Crippen LogP contribution in [0.5, 0.6) is 5.75 Å². The van der Waals surface area contributed by atoms with Gasteiger partial charge in [-0.05, 0) is 79.8 Å². The molecule has 0 spiro atoms. The number of rotatable bonds is 8. The topological polar surface area (TPSA) is 187 Å². The molecular weight excluding hydrogens is 665 g/mol. The van der Waals surface area contributed by atoms with Gasteiger partial charge in [-0.15, -0.1) is 6.58 Å². The number of H-pyrrole nitrogens is 4. The molecule has 5 aromatic carbocycles. The lowest BCUT2D eigenvalue weighted by Gasteiger charge is -2.47. The molecule has 0 atom stereocenters. The van der Waals surface area contributed by atoms with Gasteiger partial charge in [0.2, 0.25) is 0 Å². The number of benzene rings is 5. The zero-order valence-corrected chi connectivity index (χ0v) is 29.4. The lowest BCUT2D eigenvalue weighted by Crippen LogP contribution is -2.43. The van der Waals surface area contributed by atoms with Crippen LogP contribution >= 0.6 is 0 Å². The fraction of sp³-hybridized carbons (Fsp3) is 0.150. The Labute approximate surface area is 302 Å². The molecule has 13 heteroatoms. The molecule has 0 bridgehead atoms. The molecule has 0 saturated carbocycles. The molecule has 0 aliphatic carbocycles. The zero-order chi connectivity index (χ0) is 36.6. The van der Waals surface area contributed by atoms with Crippen molar-refractivity contribution in [3.05, 3.63) is 148 Å². The van der Waals surface area contributed by atoms with Gasteiger partial charge in [-0.3, -0.25) is 0 Å². The van der Waals surface area contributed by atoms with Crippen molar-refractivity contribution < 1.29 is 5.11 Å². The molecular formula is C40H34N12O. The summed E-state index contributed by atoms with van der Waals surface area (Å²) >= 11 is 0. The Morgan fingerprint density at radius 3 is 1.28 bits per heavy atom. The zero-order valence-electron chi connectivity index (χ0n) is 29.4. The number of nitrogens with one attached hydrogen (secondary N) is 4.